The molecule has 1 aliphatic rings. The van der Waals surface area contributed by atoms with Gasteiger partial charge in [0.1, 0.15) is 0 Å². The third-order valence-corrected chi connectivity index (χ3v) is 4.03. The van der Waals surface area contributed by atoms with Crippen molar-refractivity contribution in [2.45, 2.75) is 53.4 Å². The van der Waals surface area contributed by atoms with Gasteiger partial charge in [-0.15, -0.1) is 0 Å². The fourth-order valence-corrected chi connectivity index (χ4v) is 2.52. The number of nitrogens with zero attached hydrogens (tertiary/aromatic N) is 1. The number of hydrogen-bond acceptors (Lipinski definition) is 2. The first-order valence-corrected chi connectivity index (χ1v) is 8.45. The zero-order valence-corrected chi connectivity index (χ0v) is 14.5. The van der Waals surface area contributed by atoms with Crippen molar-refractivity contribution in [2.24, 2.45) is 0 Å². The van der Waals surface area contributed by atoms with Crippen molar-refractivity contribution < 1.29 is 0 Å². The Labute approximate surface area is 132 Å². The molecule has 0 atom stereocenters. The number of hydrogen-bond donors (Lipinski definition) is 1. The molecule has 0 aromatic rings. The molecule has 1 rings (SSSR count). The van der Waals surface area contributed by atoms with E-state index in [1.54, 1.807) is 0 Å². The molecule has 0 aromatic heterocycles. The lowest BCUT2D eigenvalue weighted by Crippen LogP contribution is -2.43. The largest absolute Gasteiger partial charge is 0.314 e. The topological polar surface area (TPSA) is 15.3 Å². The Morgan fingerprint density at radius 2 is 1.43 bits per heavy atom. The van der Waals surface area contributed by atoms with E-state index in [1.807, 2.05) is 0 Å². The average Bonchev–Trinajstić information content (AvgIpc) is 2.46. The van der Waals surface area contributed by atoms with E-state index in [-0.39, 0.29) is 0 Å². The first-order valence-electron chi connectivity index (χ1n) is 8.45. The van der Waals surface area contributed by atoms with Gasteiger partial charge >= 0.3 is 0 Å². The van der Waals surface area contributed by atoms with E-state index in [9.17, 15) is 0 Å². The molecule has 2 heteroatoms. The van der Waals surface area contributed by atoms with Gasteiger partial charge in [0.15, 0.2) is 0 Å². The summed E-state index contributed by atoms with van der Waals surface area (Å²) in [6.07, 6.45) is 11.9. The lowest BCUT2D eigenvalue weighted by molar-refractivity contribution is 0.264. The van der Waals surface area contributed by atoms with Crippen molar-refractivity contribution in [1.82, 2.24) is 10.2 Å². The maximum Gasteiger partial charge on any atom is 0.0166 e. The monoisotopic (exact) mass is 290 g/mol. The first kappa shape index (κ1) is 18.2. The van der Waals surface area contributed by atoms with E-state index in [0.29, 0.717) is 0 Å². The standard InChI is InChI=1S/C19H34N2/c1-17(2)7-5-8-18(3)9-6-10-19(4)11-14-21-15-12-20-13-16-21/h7,9,11,20H,5-6,8,10,12-16H2,1-4H3/b18-9+,19-11+. The molecular weight excluding hydrogens is 256 g/mol. The second kappa shape index (κ2) is 10.8. The highest BCUT2D eigenvalue weighted by molar-refractivity contribution is 5.06. The van der Waals surface area contributed by atoms with E-state index >= 15 is 0 Å². The molecular formula is C19H34N2. The van der Waals surface area contributed by atoms with E-state index in [0.717, 1.165) is 19.6 Å². The van der Waals surface area contributed by atoms with Gasteiger partial charge in [-0.05, 0) is 53.4 Å². The molecule has 2 nitrogen and oxygen atoms in total. The number of nitrogens with one attached hydrogen (secondary N) is 1. The molecule has 1 N–H and O–H groups in total. The van der Waals surface area contributed by atoms with Crippen LogP contribution in [0.5, 0.6) is 0 Å². The third kappa shape index (κ3) is 9.65. The molecule has 0 aromatic carbocycles. The normalized spacial score (nSPS) is 17.9. The van der Waals surface area contributed by atoms with Gasteiger partial charge in [-0.2, -0.15) is 0 Å². The summed E-state index contributed by atoms with van der Waals surface area (Å²) in [4.78, 5) is 2.53. The third-order valence-electron chi connectivity index (χ3n) is 4.03. The molecule has 1 saturated heterocycles. The van der Waals surface area contributed by atoms with Crippen molar-refractivity contribution >= 4 is 0 Å². The van der Waals surface area contributed by atoms with Gasteiger partial charge in [0.05, 0.1) is 0 Å². The number of allylic oxidation sites excluding steroid dienone is 5. The predicted octanol–water partition coefficient (Wildman–Crippen LogP) is 4.31. The van der Waals surface area contributed by atoms with Crippen LogP contribution in [0.1, 0.15) is 53.4 Å². The van der Waals surface area contributed by atoms with Crippen LogP contribution in [0, 0.1) is 0 Å². The average molecular weight is 290 g/mol. The van der Waals surface area contributed by atoms with Gasteiger partial charge in [0.2, 0.25) is 0 Å². The van der Waals surface area contributed by atoms with Crippen molar-refractivity contribution in [2.75, 3.05) is 32.7 Å². The maximum absolute atomic E-state index is 3.40. The molecule has 0 saturated carbocycles. The van der Waals surface area contributed by atoms with Crippen LogP contribution in [0.2, 0.25) is 0 Å². The fourth-order valence-electron chi connectivity index (χ4n) is 2.52. The van der Waals surface area contributed by atoms with Crippen molar-refractivity contribution in [3.8, 4) is 0 Å². The molecule has 0 aliphatic carbocycles. The Bertz CT molecular complexity index is 367. The van der Waals surface area contributed by atoms with Crippen molar-refractivity contribution in [1.29, 1.82) is 0 Å². The highest BCUT2D eigenvalue weighted by atomic mass is 15.2. The molecule has 0 amide bonds. The maximum atomic E-state index is 3.40. The van der Waals surface area contributed by atoms with Crippen LogP contribution in [0.3, 0.4) is 0 Å². The summed E-state index contributed by atoms with van der Waals surface area (Å²) in [5.74, 6) is 0. The van der Waals surface area contributed by atoms with Crippen LogP contribution in [0.25, 0.3) is 0 Å². The molecule has 0 unspecified atom stereocenters. The Balaban J connectivity index is 2.18. The zero-order chi connectivity index (χ0) is 15.5. The van der Waals surface area contributed by atoms with Crippen LogP contribution in [0.4, 0.5) is 0 Å². The van der Waals surface area contributed by atoms with Crippen molar-refractivity contribution in [3.63, 3.8) is 0 Å². The SMILES string of the molecule is CC(C)=CCC/C(C)=C/CC/C(C)=C/CN1CCNCC1. The highest BCUT2D eigenvalue weighted by Gasteiger charge is 2.06. The molecule has 120 valence electrons. The van der Waals surface area contributed by atoms with E-state index < -0.39 is 0 Å². The van der Waals surface area contributed by atoms with E-state index in [4.69, 9.17) is 0 Å². The second-order valence-electron chi connectivity index (χ2n) is 6.51. The number of rotatable bonds is 8. The Hall–Kier alpha value is -0.860. The molecule has 0 bridgehead atoms. The summed E-state index contributed by atoms with van der Waals surface area (Å²) in [7, 11) is 0. The molecule has 1 heterocycles. The summed E-state index contributed by atoms with van der Waals surface area (Å²) < 4.78 is 0. The van der Waals surface area contributed by atoms with Crippen LogP contribution >= 0.6 is 0 Å². The Kier molecular flexibility index (Phi) is 9.36. The first-order chi connectivity index (χ1) is 10.1. The Morgan fingerprint density at radius 1 is 0.857 bits per heavy atom. The van der Waals surface area contributed by atoms with Gasteiger partial charge in [0, 0.05) is 32.7 Å². The summed E-state index contributed by atoms with van der Waals surface area (Å²) in [6, 6.07) is 0. The van der Waals surface area contributed by atoms with Gasteiger partial charge < -0.3 is 5.32 Å². The summed E-state index contributed by atoms with van der Waals surface area (Å²) in [5.41, 5.74) is 4.48. The van der Waals surface area contributed by atoms with E-state index in [1.165, 1.54) is 55.5 Å². The minimum absolute atomic E-state index is 1.12. The van der Waals surface area contributed by atoms with Crippen LogP contribution in [-0.2, 0) is 0 Å². The van der Waals surface area contributed by atoms with Gasteiger partial charge in [-0.3, -0.25) is 4.90 Å². The molecule has 1 fully saturated rings. The summed E-state index contributed by atoms with van der Waals surface area (Å²) in [6.45, 7) is 14.7. The van der Waals surface area contributed by atoms with Crippen LogP contribution in [0.15, 0.2) is 34.9 Å². The minimum Gasteiger partial charge on any atom is -0.314 e. The number of piperazine rings is 1. The second-order valence-corrected chi connectivity index (χ2v) is 6.51. The summed E-state index contributed by atoms with van der Waals surface area (Å²) >= 11 is 0. The smallest absolute Gasteiger partial charge is 0.0166 e. The Morgan fingerprint density at radius 3 is 2.05 bits per heavy atom. The molecule has 1 aliphatic heterocycles. The molecule has 0 radical (unpaired) electrons. The van der Waals surface area contributed by atoms with Gasteiger partial charge in [0.25, 0.3) is 0 Å². The quantitative estimate of drug-likeness (QED) is 0.670. The summed E-state index contributed by atoms with van der Waals surface area (Å²) in [5, 5.41) is 3.40. The highest BCUT2D eigenvalue weighted by Crippen LogP contribution is 2.11. The molecule has 21 heavy (non-hydrogen) atoms. The minimum atomic E-state index is 1.12. The predicted molar refractivity (Wildman–Crippen MR) is 94.7 cm³/mol. The van der Waals surface area contributed by atoms with Crippen LogP contribution < -0.4 is 5.32 Å². The zero-order valence-electron chi connectivity index (χ0n) is 14.5. The van der Waals surface area contributed by atoms with Gasteiger partial charge in [-0.1, -0.05) is 34.9 Å². The van der Waals surface area contributed by atoms with Gasteiger partial charge in [-0.25, -0.2) is 0 Å². The van der Waals surface area contributed by atoms with Crippen molar-refractivity contribution in [3.05, 3.63) is 34.9 Å². The fraction of sp³-hybridized carbons (Fsp3) is 0.684. The molecule has 0 spiro atoms. The lowest BCUT2D eigenvalue weighted by Gasteiger charge is -2.26. The van der Waals surface area contributed by atoms with E-state index in [2.05, 4.69) is 56.1 Å². The van der Waals surface area contributed by atoms with Crippen LogP contribution in [-0.4, -0.2) is 37.6 Å². The lowest BCUT2D eigenvalue weighted by atomic mass is 10.1.